The minimum Gasteiger partial charge on any atom is -0.482 e. The van der Waals surface area contributed by atoms with E-state index in [1.807, 2.05) is 6.07 Å². The van der Waals surface area contributed by atoms with E-state index in [1.165, 1.54) is 29.8 Å². The zero-order chi connectivity index (χ0) is 24.7. The number of carbonyl (C=O) groups excluding carboxylic acids is 3. The number of nitrogens with one attached hydrogen (secondary N) is 3. The van der Waals surface area contributed by atoms with Crippen LogP contribution < -0.4 is 20.7 Å². The molecule has 0 unspecified atom stereocenters. The Bertz CT molecular complexity index is 1340. The molecular formula is C26H28N6O4. The quantitative estimate of drug-likeness (QED) is 0.490. The van der Waals surface area contributed by atoms with Gasteiger partial charge in [-0.3, -0.25) is 14.4 Å². The molecule has 2 bridgehead atoms. The molecule has 7 rings (SSSR count). The topological polar surface area (TPSA) is 127 Å². The molecule has 3 N–H and O–H groups in total. The van der Waals surface area contributed by atoms with Gasteiger partial charge in [-0.1, -0.05) is 6.07 Å². The standard InChI is InChI=1S/C26H28N6O4/c33-23-14-36-21-2-1-17(11-18(21)31-23)13-27-24(34)19-12-20(32-22(30-19)6-10-29-32)25(35)28-15-26-7-3-16(4-8-26)5-9-26/h1-2,6,10-12,16H,3-5,7-9,13-15H2,(H,27,34)(H,28,35)(H,31,33). The number of nitrogens with zero attached hydrogens (tertiary/aromatic N) is 3. The van der Waals surface area contributed by atoms with Gasteiger partial charge in [0.2, 0.25) is 0 Å². The van der Waals surface area contributed by atoms with Crippen LogP contribution in [0, 0.1) is 11.3 Å². The molecule has 0 atom stereocenters. The first kappa shape index (κ1) is 22.5. The maximum atomic E-state index is 13.2. The second-order valence-electron chi connectivity index (χ2n) is 10.1. The summed E-state index contributed by atoms with van der Waals surface area (Å²) >= 11 is 0. The fourth-order valence-corrected chi connectivity index (χ4v) is 5.67. The molecule has 3 heterocycles. The molecule has 4 aliphatic rings. The van der Waals surface area contributed by atoms with Crippen LogP contribution in [-0.2, 0) is 11.3 Å². The maximum Gasteiger partial charge on any atom is 0.270 e. The predicted octanol–water partition coefficient (Wildman–Crippen LogP) is 2.69. The molecule has 3 fully saturated rings. The average Bonchev–Trinajstić information content (AvgIpc) is 3.39. The van der Waals surface area contributed by atoms with Crippen LogP contribution in [0.3, 0.4) is 0 Å². The highest BCUT2D eigenvalue weighted by Crippen LogP contribution is 2.49. The van der Waals surface area contributed by atoms with Gasteiger partial charge in [0.1, 0.15) is 17.1 Å². The molecule has 1 aliphatic heterocycles. The van der Waals surface area contributed by atoms with Gasteiger partial charge >= 0.3 is 0 Å². The lowest BCUT2D eigenvalue weighted by Crippen LogP contribution is -2.43. The van der Waals surface area contributed by atoms with Crippen molar-refractivity contribution in [2.75, 3.05) is 18.5 Å². The first-order chi connectivity index (χ1) is 17.5. The second kappa shape index (κ2) is 8.92. The molecule has 3 aromatic rings. The number of rotatable bonds is 6. The summed E-state index contributed by atoms with van der Waals surface area (Å²) in [5.74, 6) is 0.570. The lowest BCUT2D eigenvalue weighted by molar-refractivity contribution is -0.118. The van der Waals surface area contributed by atoms with E-state index < -0.39 is 5.91 Å². The number of aromatic nitrogens is 3. The molecule has 0 saturated heterocycles. The van der Waals surface area contributed by atoms with Crippen LogP contribution in [-0.4, -0.2) is 45.5 Å². The summed E-state index contributed by atoms with van der Waals surface area (Å²) in [4.78, 5) is 42.2. The zero-order valence-corrected chi connectivity index (χ0v) is 19.9. The molecule has 0 spiro atoms. The number of ether oxygens (including phenoxy) is 1. The first-order valence-corrected chi connectivity index (χ1v) is 12.4. The number of hydrogen-bond acceptors (Lipinski definition) is 6. The van der Waals surface area contributed by atoms with Crippen molar-refractivity contribution in [1.29, 1.82) is 0 Å². The summed E-state index contributed by atoms with van der Waals surface area (Å²) in [5.41, 5.74) is 2.40. The highest BCUT2D eigenvalue weighted by molar-refractivity contribution is 5.98. The normalized spacial score (nSPS) is 22.4. The van der Waals surface area contributed by atoms with Crippen LogP contribution in [0.1, 0.15) is 65.1 Å². The van der Waals surface area contributed by atoms with E-state index in [0.717, 1.165) is 30.7 Å². The van der Waals surface area contributed by atoms with Crippen molar-refractivity contribution in [3.05, 3.63) is 53.5 Å². The van der Waals surface area contributed by atoms with E-state index in [9.17, 15) is 14.4 Å². The second-order valence-corrected chi connectivity index (χ2v) is 10.1. The van der Waals surface area contributed by atoms with Crippen LogP contribution in [0.15, 0.2) is 36.5 Å². The molecule has 10 heteroatoms. The molecule has 186 valence electrons. The number of anilines is 1. The number of hydrogen-bond donors (Lipinski definition) is 3. The Morgan fingerprint density at radius 3 is 2.69 bits per heavy atom. The minimum absolute atomic E-state index is 0.0107. The molecule has 3 aliphatic carbocycles. The molecular weight excluding hydrogens is 460 g/mol. The fraction of sp³-hybridized carbons (Fsp3) is 0.423. The van der Waals surface area contributed by atoms with Crippen molar-refractivity contribution in [3.63, 3.8) is 0 Å². The third kappa shape index (κ3) is 4.27. The summed E-state index contributed by atoms with van der Waals surface area (Å²) < 4.78 is 6.84. The van der Waals surface area contributed by atoms with E-state index in [4.69, 9.17) is 4.74 Å². The van der Waals surface area contributed by atoms with Crippen molar-refractivity contribution in [2.24, 2.45) is 11.3 Å². The van der Waals surface area contributed by atoms with Gasteiger partial charge in [0.05, 0.1) is 11.9 Å². The van der Waals surface area contributed by atoms with Gasteiger partial charge in [-0.25, -0.2) is 9.50 Å². The highest BCUT2D eigenvalue weighted by atomic mass is 16.5. The Morgan fingerprint density at radius 1 is 1.08 bits per heavy atom. The van der Waals surface area contributed by atoms with Crippen molar-refractivity contribution in [2.45, 2.75) is 45.1 Å². The highest BCUT2D eigenvalue weighted by Gasteiger charge is 2.40. The average molecular weight is 489 g/mol. The number of benzene rings is 1. The van der Waals surface area contributed by atoms with Gasteiger partial charge in [0, 0.05) is 25.2 Å². The van der Waals surface area contributed by atoms with Crippen LogP contribution in [0.25, 0.3) is 5.65 Å². The molecule has 0 radical (unpaired) electrons. The van der Waals surface area contributed by atoms with Crippen molar-refractivity contribution >= 4 is 29.1 Å². The van der Waals surface area contributed by atoms with E-state index in [0.29, 0.717) is 23.6 Å². The minimum atomic E-state index is -0.407. The van der Waals surface area contributed by atoms with E-state index >= 15 is 0 Å². The lowest BCUT2D eigenvalue weighted by Gasteiger charge is -2.46. The van der Waals surface area contributed by atoms with Gasteiger partial charge in [-0.2, -0.15) is 5.10 Å². The van der Waals surface area contributed by atoms with Crippen LogP contribution in [0.2, 0.25) is 0 Å². The van der Waals surface area contributed by atoms with Crippen LogP contribution in [0.5, 0.6) is 5.75 Å². The van der Waals surface area contributed by atoms with Gasteiger partial charge in [0.15, 0.2) is 12.3 Å². The molecule has 2 aromatic heterocycles. The monoisotopic (exact) mass is 488 g/mol. The summed E-state index contributed by atoms with van der Waals surface area (Å²) in [7, 11) is 0. The molecule has 3 saturated carbocycles. The summed E-state index contributed by atoms with van der Waals surface area (Å²) in [6, 6.07) is 8.49. The number of carbonyl (C=O) groups is 3. The smallest absolute Gasteiger partial charge is 0.270 e. The number of amides is 3. The van der Waals surface area contributed by atoms with E-state index in [-0.39, 0.29) is 41.8 Å². The third-order valence-corrected chi connectivity index (χ3v) is 7.83. The van der Waals surface area contributed by atoms with E-state index in [2.05, 4.69) is 26.0 Å². The Kier molecular flexibility index (Phi) is 5.58. The Morgan fingerprint density at radius 2 is 1.89 bits per heavy atom. The van der Waals surface area contributed by atoms with Gasteiger partial charge in [-0.05, 0) is 67.6 Å². The SMILES string of the molecule is O=C1COc2ccc(CNC(=O)c3cc(C(=O)NCC45CCC(CC4)CC5)n4nccc4n3)cc2N1. The Labute approximate surface area is 207 Å². The Balaban J connectivity index is 1.16. The molecule has 36 heavy (non-hydrogen) atoms. The molecule has 3 amide bonds. The van der Waals surface area contributed by atoms with Gasteiger partial charge in [-0.15, -0.1) is 0 Å². The zero-order valence-electron chi connectivity index (χ0n) is 19.9. The predicted molar refractivity (Wildman–Crippen MR) is 131 cm³/mol. The Hall–Kier alpha value is -3.95. The summed E-state index contributed by atoms with van der Waals surface area (Å²) in [5, 5.41) is 13.0. The number of fused-ring (bicyclic) bond motifs is 5. The summed E-state index contributed by atoms with van der Waals surface area (Å²) in [6.07, 6.45) is 8.81. The third-order valence-electron chi connectivity index (χ3n) is 7.83. The fourth-order valence-electron chi connectivity index (χ4n) is 5.67. The molecule has 10 nitrogen and oxygen atoms in total. The summed E-state index contributed by atoms with van der Waals surface area (Å²) in [6.45, 7) is 0.853. The lowest BCUT2D eigenvalue weighted by atomic mass is 9.61. The van der Waals surface area contributed by atoms with E-state index in [1.54, 1.807) is 24.4 Å². The van der Waals surface area contributed by atoms with Gasteiger partial charge < -0.3 is 20.7 Å². The first-order valence-electron chi connectivity index (χ1n) is 12.4. The van der Waals surface area contributed by atoms with Crippen LogP contribution >= 0.6 is 0 Å². The van der Waals surface area contributed by atoms with Crippen molar-refractivity contribution < 1.29 is 19.1 Å². The largest absolute Gasteiger partial charge is 0.482 e. The maximum absolute atomic E-state index is 13.2. The van der Waals surface area contributed by atoms with Crippen molar-refractivity contribution in [1.82, 2.24) is 25.2 Å². The van der Waals surface area contributed by atoms with Gasteiger partial charge in [0.25, 0.3) is 17.7 Å². The molecule has 1 aromatic carbocycles. The van der Waals surface area contributed by atoms with Crippen LogP contribution in [0.4, 0.5) is 5.69 Å². The van der Waals surface area contributed by atoms with Crippen molar-refractivity contribution in [3.8, 4) is 5.75 Å².